The molecule has 0 aromatic heterocycles. The molecule has 69 heavy (non-hydrogen) atoms. The zero-order valence-corrected chi connectivity index (χ0v) is 46.8. The number of hydrogen-bond donors (Lipinski definition) is 0. The molecule has 0 rings (SSSR count). The van der Waals surface area contributed by atoms with Gasteiger partial charge in [0.1, 0.15) is 12.2 Å². The third-order valence-electron chi connectivity index (χ3n) is 13.1. The number of carbonyl (C=O) groups excluding carboxylic acids is 1. The van der Waals surface area contributed by atoms with Gasteiger partial charge in [-0.1, -0.05) is 209 Å². The molecule has 0 saturated heterocycles. The van der Waals surface area contributed by atoms with Crippen molar-refractivity contribution in [3.05, 3.63) is 72.9 Å². The largest absolute Gasteiger partial charge is 0.459 e. The van der Waals surface area contributed by atoms with Gasteiger partial charge in [-0.2, -0.15) is 0 Å². The van der Waals surface area contributed by atoms with Crippen LogP contribution in [0.25, 0.3) is 0 Å². The monoisotopic (exact) mass is 964 g/mol. The molecule has 0 heterocycles. The molecule has 0 bridgehead atoms. The molecule has 0 saturated carbocycles. The van der Waals surface area contributed by atoms with Crippen LogP contribution in [-0.2, 0) is 19.0 Å². The lowest BCUT2D eigenvalue weighted by Crippen LogP contribution is -2.37. The standard InChI is InChI=1S/C64H117NO4/c1-6-9-12-15-18-21-24-27-30-33-36-39-42-45-48-51-56-62(69-64(66)57-52-53-58-65(4)5)63(68-60-55-50-47-44-41-38-35-32-29-26-23-20-17-14-11-8-3)61-67-59-54-49-46-43-40-37-34-31-28-25-22-19-16-13-10-7-2/h18-23,27-32,62-63H,6-17,24-26,33-61H2,1-5H3/b21-18-,22-19-,23-20-,30-27-,31-28-,32-29-. The number of rotatable bonds is 55. The first-order valence-electron chi connectivity index (χ1n) is 30.0. The van der Waals surface area contributed by atoms with Crippen LogP contribution >= 0.6 is 0 Å². The molecule has 0 radical (unpaired) electrons. The Kier molecular flexibility index (Phi) is 56.5. The lowest BCUT2D eigenvalue weighted by Gasteiger charge is -2.28. The SMILES string of the molecule is CCCCC/C=C\C/C=C\CCCCCCCCOCC(OCCCCCCCC/C=C\C/C=C\CCCCC)C(CCCCCCCC/C=C\C/C=C\CCCCC)OC(=O)CCCCN(C)C. The van der Waals surface area contributed by atoms with Gasteiger partial charge in [-0.25, -0.2) is 0 Å². The van der Waals surface area contributed by atoms with Crippen molar-refractivity contribution in [3.8, 4) is 0 Å². The lowest BCUT2D eigenvalue weighted by atomic mass is 10.0. The van der Waals surface area contributed by atoms with Gasteiger partial charge >= 0.3 is 5.97 Å². The number of carbonyl (C=O) groups is 1. The zero-order chi connectivity index (χ0) is 50.0. The van der Waals surface area contributed by atoms with Crippen molar-refractivity contribution < 1.29 is 19.0 Å². The smallest absolute Gasteiger partial charge is 0.306 e. The average molecular weight is 965 g/mol. The zero-order valence-electron chi connectivity index (χ0n) is 46.8. The summed E-state index contributed by atoms with van der Waals surface area (Å²) >= 11 is 0. The van der Waals surface area contributed by atoms with Crippen molar-refractivity contribution in [3.63, 3.8) is 0 Å². The molecule has 0 aliphatic carbocycles. The van der Waals surface area contributed by atoms with Crippen molar-refractivity contribution in [2.45, 2.75) is 290 Å². The van der Waals surface area contributed by atoms with Gasteiger partial charge in [0.2, 0.25) is 0 Å². The highest BCUT2D eigenvalue weighted by molar-refractivity contribution is 5.69. The van der Waals surface area contributed by atoms with Crippen LogP contribution in [0, 0.1) is 0 Å². The fourth-order valence-electron chi connectivity index (χ4n) is 8.56. The highest BCUT2D eigenvalue weighted by Crippen LogP contribution is 2.19. The molecule has 402 valence electrons. The molecule has 0 aromatic rings. The molecule has 0 aliphatic rings. The van der Waals surface area contributed by atoms with Gasteiger partial charge in [-0.05, 0) is 155 Å². The molecular formula is C64H117NO4. The highest BCUT2D eigenvalue weighted by atomic mass is 16.6. The topological polar surface area (TPSA) is 48.0 Å². The van der Waals surface area contributed by atoms with Crippen LogP contribution in [-0.4, -0.2) is 63.5 Å². The molecule has 2 atom stereocenters. The minimum atomic E-state index is -0.252. The highest BCUT2D eigenvalue weighted by Gasteiger charge is 2.26. The van der Waals surface area contributed by atoms with Crippen molar-refractivity contribution in [2.24, 2.45) is 0 Å². The summed E-state index contributed by atoms with van der Waals surface area (Å²) in [7, 11) is 4.18. The summed E-state index contributed by atoms with van der Waals surface area (Å²) < 4.78 is 19.3. The van der Waals surface area contributed by atoms with Gasteiger partial charge in [0, 0.05) is 19.6 Å². The first-order chi connectivity index (χ1) is 34.0. The summed E-state index contributed by atoms with van der Waals surface area (Å²) in [6.45, 7) is 9.74. The summed E-state index contributed by atoms with van der Waals surface area (Å²) in [5, 5.41) is 0. The summed E-state index contributed by atoms with van der Waals surface area (Å²) in [5.74, 6) is -0.0775. The van der Waals surface area contributed by atoms with E-state index in [9.17, 15) is 4.79 Å². The second-order valence-electron chi connectivity index (χ2n) is 20.3. The van der Waals surface area contributed by atoms with Crippen LogP contribution < -0.4 is 0 Å². The molecule has 5 heteroatoms. The molecule has 2 unspecified atom stereocenters. The Balaban J connectivity index is 4.99. The first kappa shape index (κ1) is 66.8. The summed E-state index contributed by atoms with van der Waals surface area (Å²) in [4.78, 5) is 15.5. The van der Waals surface area contributed by atoms with Crippen LogP contribution in [0.3, 0.4) is 0 Å². The maximum atomic E-state index is 13.3. The Bertz CT molecular complexity index is 1200. The van der Waals surface area contributed by atoms with E-state index >= 15 is 0 Å². The predicted molar refractivity (Wildman–Crippen MR) is 306 cm³/mol. The van der Waals surface area contributed by atoms with E-state index in [0.29, 0.717) is 19.6 Å². The van der Waals surface area contributed by atoms with Crippen molar-refractivity contribution in [1.82, 2.24) is 4.90 Å². The van der Waals surface area contributed by atoms with E-state index in [0.717, 1.165) is 70.9 Å². The number of esters is 1. The number of allylic oxidation sites excluding steroid dienone is 12. The minimum Gasteiger partial charge on any atom is -0.459 e. The molecule has 0 N–H and O–H groups in total. The van der Waals surface area contributed by atoms with Crippen LogP contribution in [0.1, 0.15) is 278 Å². The third-order valence-corrected chi connectivity index (χ3v) is 13.1. The summed E-state index contributed by atoms with van der Waals surface area (Å²) in [5.41, 5.74) is 0. The molecule has 0 fully saturated rings. The Morgan fingerprint density at radius 1 is 0.391 bits per heavy atom. The lowest BCUT2D eigenvalue weighted by molar-refractivity contribution is -0.162. The fraction of sp³-hybridized carbons (Fsp3) is 0.797. The second-order valence-corrected chi connectivity index (χ2v) is 20.3. The predicted octanol–water partition coefficient (Wildman–Crippen LogP) is 19.9. The van der Waals surface area contributed by atoms with Crippen LogP contribution in [0.15, 0.2) is 72.9 Å². The van der Waals surface area contributed by atoms with Gasteiger partial charge in [0.15, 0.2) is 0 Å². The van der Waals surface area contributed by atoms with E-state index in [4.69, 9.17) is 14.2 Å². The Morgan fingerprint density at radius 3 is 1.16 bits per heavy atom. The van der Waals surface area contributed by atoms with Gasteiger partial charge < -0.3 is 19.1 Å². The fourth-order valence-corrected chi connectivity index (χ4v) is 8.56. The van der Waals surface area contributed by atoms with E-state index < -0.39 is 0 Å². The number of unbranched alkanes of at least 4 members (excludes halogenated alkanes) is 28. The van der Waals surface area contributed by atoms with Gasteiger partial charge in [-0.3, -0.25) is 4.79 Å². The van der Waals surface area contributed by atoms with Crippen molar-refractivity contribution in [2.75, 3.05) is 40.5 Å². The third kappa shape index (κ3) is 55.0. The molecule has 5 nitrogen and oxygen atoms in total. The summed E-state index contributed by atoms with van der Waals surface area (Å²) in [6.07, 6.45) is 75.2. The van der Waals surface area contributed by atoms with Crippen LogP contribution in [0.2, 0.25) is 0 Å². The molecule has 0 aromatic carbocycles. The van der Waals surface area contributed by atoms with Crippen molar-refractivity contribution >= 4 is 5.97 Å². The molecular weight excluding hydrogens is 847 g/mol. The number of nitrogens with zero attached hydrogens (tertiary/aromatic N) is 1. The van der Waals surface area contributed by atoms with Crippen LogP contribution in [0.4, 0.5) is 0 Å². The van der Waals surface area contributed by atoms with E-state index in [-0.39, 0.29) is 18.2 Å². The number of ether oxygens (including phenoxy) is 3. The average Bonchev–Trinajstić information content (AvgIpc) is 3.34. The van der Waals surface area contributed by atoms with E-state index in [1.807, 2.05) is 0 Å². The van der Waals surface area contributed by atoms with E-state index in [1.54, 1.807) is 0 Å². The van der Waals surface area contributed by atoms with Gasteiger partial charge in [0.25, 0.3) is 0 Å². The molecule has 0 aliphatic heterocycles. The van der Waals surface area contributed by atoms with E-state index in [1.165, 1.54) is 193 Å². The normalized spacial score (nSPS) is 13.4. The quantitative estimate of drug-likeness (QED) is 0.0345. The molecule has 0 spiro atoms. The number of hydrogen-bond acceptors (Lipinski definition) is 5. The second kappa shape index (κ2) is 58.4. The maximum absolute atomic E-state index is 13.3. The van der Waals surface area contributed by atoms with Gasteiger partial charge in [-0.15, -0.1) is 0 Å². The summed E-state index contributed by atoms with van der Waals surface area (Å²) in [6, 6.07) is 0. The minimum absolute atomic E-state index is 0.0775. The first-order valence-corrected chi connectivity index (χ1v) is 30.0. The van der Waals surface area contributed by atoms with Gasteiger partial charge in [0.05, 0.1) is 6.61 Å². The maximum Gasteiger partial charge on any atom is 0.306 e. The van der Waals surface area contributed by atoms with Crippen molar-refractivity contribution in [1.29, 1.82) is 0 Å². The Hall–Kier alpha value is -2.21. The van der Waals surface area contributed by atoms with Crippen LogP contribution in [0.5, 0.6) is 0 Å². The Labute approximate surface area is 431 Å². The Morgan fingerprint density at radius 2 is 0.754 bits per heavy atom. The molecule has 0 amide bonds. The van der Waals surface area contributed by atoms with E-state index in [2.05, 4.69) is 113 Å².